The van der Waals surface area contributed by atoms with E-state index in [9.17, 15) is 9.18 Å². The quantitative estimate of drug-likeness (QED) is 0.372. The van der Waals surface area contributed by atoms with Gasteiger partial charge >= 0.3 is 0 Å². The Kier molecular flexibility index (Phi) is 6.25. The first-order valence-electron chi connectivity index (χ1n) is 9.14. The lowest BCUT2D eigenvalue weighted by atomic mass is 10.2. The van der Waals surface area contributed by atoms with Gasteiger partial charge in [-0.15, -0.1) is 11.8 Å². The molecule has 0 atom stereocenters. The molecule has 2 heterocycles. The molecule has 1 amide bonds. The third-order valence-corrected chi connectivity index (χ3v) is 6.39. The first kappa shape index (κ1) is 20.3. The summed E-state index contributed by atoms with van der Waals surface area (Å²) in [5.74, 6) is 0.577. The van der Waals surface area contributed by atoms with Gasteiger partial charge in [-0.05, 0) is 54.1 Å². The lowest BCUT2D eigenvalue weighted by Gasteiger charge is -2.19. The topological polar surface area (TPSA) is 55.3 Å². The van der Waals surface area contributed by atoms with Gasteiger partial charge in [0, 0.05) is 17.3 Å². The van der Waals surface area contributed by atoms with Crippen molar-refractivity contribution in [1.82, 2.24) is 9.97 Å². The molecule has 30 heavy (non-hydrogen) atoms. The van der Waals surface area contributed by atoms with Crippen molar-refractivity contribution >= 4 is 44.4 Å². The lowest BCUT2D eigenvalue weighted by Crippen LogP contribution is -2.31. The molecule has 152 valence electrons. The predicted molar refractivity (Wildman–Crippen MR) is 119 cm³/mol. The van der Waals surface area contributed by atoms with E-state index in [0.717, 1.165) is 26.4 Å². The maximum Gasteiger partial charge on any atom is 0.239 e. The number of benzene rings is 2. The van der Waals surface area contributed by atoms with Crippen LogP contribution in [0.3, 0.4) is 0 Å². The molecule has 0 unspecified atom stereocenters. The zero-order chi connectivity index (χ0) is 20.9. The van der Waals surface area contributed by atoms with Crippen LogP contribution in [0.1, 0.15) is 5.56 Å². The van der Waals surface area contributed by atoms with Crippen molar-refractivity contribution in [3.8, 4) is 5.75 Å². The maximum absolute atomic E-state index is 13.1. The number of rotatable bonds is 7. The van der Waals surface area contributed by atoms with Crippen LogP contribution in [0.5, 0.6) is 5.75 Å². The average Bonchev–Trinajstić information content (AvgIpc) is 3.20. The Hall–Kier alpha value is -2.97. The van der Waals surface area contributed by atoms with Crippen LogP contribution in [-0.4, -0.2) is 28.7 Å². The molecule has 8 heteroatoms. The Morgan fingerprint density at radius 3 is 2.77 bits per heavy atom. The number of carbonyl (C=O) groups excluding carboxylic acids is 1. The van der Waals surface area contributed by atoms with Gasteiger partial charge in [0.05, 0.1) is 29.6 Å². The molecular formula is C22H18FN3O2S2. The maximum atomic E-state index is 13.1. The van der Waals surface area contributed by atoms with E-state index < -0.39 is 0 Å². The number of hydrogen-bond acceptors (Lipinski definition) is 6. The normalized spacial score (nSPS) is 10.9. The van der Waals surface area contributed by atoms with Crippen molar-refractivity contribution in [1.29, 1.82) is 0 Å². The highest BCUT2D eigenvalue weighted by atomic mass is 32.2. The van der Waals surface area contributed by atoms with Crippen LogP contribution in [0.15, 0.2) is 71.9 Å². The zero-order valence-electron chi connectivity index (χ0n) is 16.1. The monoisotopic (exact) mass is 439 g/mol. The number of methoxy groups -OCH3 is 1. The molecule has 0 fully saturated rings. The van der Waals surface area contributed by atoms with Gasteiger partial charge in [0.1, 0.15) is 11.6 Å². The first-order chi connectivity index (χ1) is 14.6. The summed E-state index contributed by atoms with van der Waals surface area (Å²) in [5, 5.41) is 0.617. The molecule has 4 aromatic rings. The molecule has 0 radical (unpaired) electrons. The molecule has 2 aromatic carbocycles. The van der Waals surface area contributed by atoms with E-state index >= 15 is 0 Å². The summed E-state index contributed by atoms with van der Waals surface area (Å²) >= 11 is 2.81. The van der Waals surface area contributed by atoms with Gasteiger partial charge in [0.15, 0.2) is 5.13 Å². The number of pyridine rings is 1. The fourth-order valence-electron chi connectivity index (χ4n) is 2.83. The Balaban J connectivity index is 1.60. The molecule has 2 aromatic heterocycles. The standard InChI is InChI=1S/C22H18FN3O2S2/c1-28-17-6-9-19-20(11-17)30-22(25-19)26(13-15-3-2-10-24-12-15)21(27)14-29-18-7-4-16(23)5-8-18/h2-12H,13-14H2,1H3. The Morgan fingerprint density at radius 1 is 1.20 bits per heavy atom. The summed E-state index contributed by atoms with van der Waals surface area (Å²) in [6.45, 7) is 0.369. The fraction of sp³-hybridized carbons (Fsp3) is 0.136. The highest BCUT2D eigenvalue weighted by molar-refractivity contribution is 8.00. The second kappa shape index (κ2) is 9.23. The fourth-order valence-corrected chi connectivity index (χ4v) is 4.61. The number of ether oxygens (including phenoxy) is 1. The van der Waals surface area contributed by atoms with Crippen LogP contribution < -0.4 is 9.64 Å². The number of fused-ring (bicyclic) bond motifs is 1. The van der Waals surface area contributed by atoms with Crippen LogP contribution in [0, 0.1) is 5.82 Å². The molecule has 0 saturated heterocycles. The van der Waals surface area contributed by atoms with Crippen molar-refractivity contribution < 1.29 is 13.9 Å². The molecule has 5 nitrogen and oxygen atoms in total. The van der Waals surface area contributed by atoms with E-state index in [4.69, 9.17) is 4.74 Å². The Bertz CT molecular complexity index is 1150. The minimum absolute atomic E-state index is 0.0841. The average molecular weight is 440 g/mol. The Morgan fingerprint density at radius 2 is 2.03 bits per heavy atom. The smallest absolute Gasteiger partial charge is 0.239 e. The van der Waals surface area contributed by atoms with Gasteiger partial charge in [-0.1, -0.05) is 17.4 Å². The molecule has 0 spiro atoms. The third-order valence-electron chi connectivity index (χ3n) is 4.36. The number of hydrogen-bond donors (Lipinski definition) is 0. The van der Waals surface area contributed by atoms with Crippen molar-refractivity contribution in [3.05, 3.63) is 78.4 Å². The largest absolute Gasteiger partial charge is 0.497 e. The van der Waals surface area contributed by atoms with Crippen LogP contribution >= 0.6 is 23.1 Å². The molecule has 0 N–H and O–H groups in total. The summed E-state index contributed by atoms with van der Waals surface area (Å²) in [4.78, 5) is 24.5. The molecule has 0 aliphatic rings. The van der Waals surface area contributed by atoms with Crippen molar-refractivity contribution in [2.75, 3.05) is 17.8 Å². The van der Waals surface area contributed by atoms with Crippen LogP contribution in [-0.2, 0) is 11.3 Å². The summed E-state index contributed by atoms with van der Waals surface area (Å²) < 4.78 is 19.4. The van der Waals surface area contributed by atoms with E-state index in [1.54, 1.807) is 36.5 Å². The number of anilines is 1. The van der Waals surface area contributed by atoms with E-state index in [1.165, 1.54) is 35.2 Å². The summed E-state index contributed by atoms with van der Waals surface area (Å²) in [6.07, 6.45) is 3.44. The van der Waals surface area contributed by atoms with E-state index in [1.807, 2.05) is 30.3 Å². The summed E-state index contributed by atoms with van der Waals surface area (Å²) in [5.41, 5.74) is 1.72. The van der Waals surface area contributed by atoms with Gasteiger partial charge in [-0.2, -0.15) is 0 Å². The van der Waals surface area contributed by atoms with E-state index in [2.05, 4.69) is 9.97 Å². The van der Waals surface area contributed by atoms with E-state index in [-0.39, 0.29) is 17.5 Å². The number of halogens is 1. The molecule has 4 rings (SSSR count). The molecular weight excluding hydrogens is 421 g/mol. The number of thioether (sulfide) groups is 1. The highest BCUT2D eigenvalue weighted by Crippen LogP contribution is 2.33. The number of amides is 1. The summed E-state index contributed by atoms with van der Waals surface area (Å²) in [6, 6.07) is 15.5. The second-order valence-corrected chi connectivity index (χ2v) is 8.47. The lowest BCUT2D eigenvalue weighted by molar-refractivity contribution is -0.116. The van der Waals surface area contributed by atoms with E-state index in [0.29, 0.717) is 11.7 Å². The van der Waals surface area contributed by atoms with Gasteiger partial charge in [-0.3, -0.25) is 14.7 Å². The molecule has 0 aliphatic heterocycles. The minimum Gasteiger partial charge on any atom is -0.497 e. The van der Waals surface area contributed by atoms with Gasteiger partial charge < -0.3 is 4.74 Å². The van der Waals surface area contributed by atoms with Gasteiger partial charge in [0.2, 0.25) is 5.91 Å². The highest BCUT2D eigenvalue weighted by Gasteiger charge is 2.21. The number of aromatic nitrogens is 2. The Labute approximate surface area is 181 Å². The number of carbonyl (C=O) groups is 1. The second-order valence-electron chi connectivity index (χ2n) is 6.41. The number of thiazole rings is 1. The van der Waals surface area contributed by atoms with Crippen LogP contribution in [0.4, 0.5) is 9.52 Å². The van der Waals surface area contributed by atoms with Crippen LogP contribution in [0.2, 0.25) is 0 Å². The number of nitrogens with zero attached hydrogens (tertiary/aromatic N) is 3. The zero-order valence-corrected chi connectivity index (χ0v) is 17.8. The third kappa shape index (κ3) is 4.77. The molecule has 0 bridgehead atoms. The van der Waals surface area contributed by atoms with Crippen LogP contribution in [0.25, 0.3) is 10.2 Å². The molecule has 0 saturated carbocycles. The molecule has 0 aliphatic carbocycles. The predicted octanol–water partition coefficient (Wildman–Crippen LogP) is 5.16. The first-order valence-corrected chi connectivity index (χ1v) is 10.9. The SMILES string of the molecule is COc1ccc2nc(N(Cc3cccnc3)C(=O)CSc3ccc(F)cc3)sc2c1. The van der Waals surface area contributed by atoms with Crippen molar-refractivity contribution in [2.45, 2.75) is 11.4 Å². The van der Waals surface area contributed by atoms with Gasteiger partial charge in [-0.25, -0.2) is 9.37 Å². The van der Waals surface area contributed by atoms with Crippen molar-refractivity contribution in [3.63, 3.8) is 0 Å². The minimum atomic E-state index is -0.297. The summed E-state index contributed by atoms with van der Waals surface area (Å²) in [7, 11) is 1.62. The van der Waals surface area contributed by atoms with Gasteiger partial charge in [0.25, 0.3) is 0 Å². The van der Waals surface area contributed by atoms with Crippen molar-refractivity contribution in [2.24, 2.45) is 0 Å².